The van der Waals surface area contributed by atoms with Crippen LogP contribution in [0.4, 0.5) is 0 Å². The highest BCUT2D eigenvalue weighted by Gasteiger charge is 2.72. The summed E-state index contributed by atoms with van der Waals surface area (Å²) in [6.07, 6.45) is 9.90. The van der Waals surface area contributed by atoms with Crippen LogP contribution in [0.5, 0.6) is 0 Å². The van der Waals surface area contributed by atoms with Gasteiger partial charge in [-0.25, -0.2) is 0 Å². The van der Waals surface area contributed by atoms with Crippen molar-refractivity contribution < 1.29 is 19.5 Å². The van der Waals surface area contributed by atoms with E-state index in [4.69, 9.17) is 0 Å². The first-order chi connectivity index (χ1) is 17.7. The minimum Gasteiger partial charge on any atom is -0.394 e. The van der Waals surface area contributed by atoms with Crippen molar-refractivity contribution >= 4 is 29.5 Å². The van der Waals surface area contributed by atoms with Crippen LogP contribution in [-0.2, 0) is 14.4 Å². The molecule has 0 aromatic rings. The number of aliphatic hydroxyl groups is 1. The zero-order valence-corrected chi connectivity index (χ0v) is 25.3. The number of nitrogens with zero attached hydrogens (tertiary/aromatic N) is 3. The van der Waals surface area contributed by atoms with Crippen LogP contribution in [-0.4, -0.2) is 91.4 Å². The summed E-state index contributed by atoms with van der Waals surface area (Å²) < 4.78 is -0.854. The number of carbonyl (C=O) groups excluding carboxylic acids is 3. The molecular weight excluding hydrogens is 498 g/mol. The fourth-order valence-corrected chi connectivity index (χ4v) is 9.51. The molecule has 1 N–H and O–H groups in total. The quantitative estimate of drug-likeness (QED) is 0.493. The van der Waals surface area contributed by atoms with Gasteiger partial charge in [0.25, 0.3) is 0 Å². The Bertz CT molecular complexity index is 1020. The summed E-state index contributed by atoms with van der Waals surface area (Å²) in [7, 11) is 0. The lowest BCUT2D eigenvalue weighted by molar-refractivity contribution is -0.150. The second kappa shape index (κ2) is 10.3. The number of thioether (sulfide) groups is 1. The lowest BCUT2D eigenvalue weighted by Crippen LogP contribution is -2.61. The van der Waals surface area contributed by atoms with E-state index in [0.29, 0.717) is 19.6 Å². The molecule has 4 aliphatic rings. The summed E-state index contributed by atoms with van der Waals surface area (Å²) in [4.78, 5) is 48.6. The van der Waals surface area contributed by atoms with Crippen molar-refractivity contribution in [1.82, 2.24) is 14.7 Å². The van der Waals surface area contributed by atoms with Crippen LogP contribution in [0.3, 0.4) is 0 Å². The summed E-state index contributed by atoms with van der Waals surface area (Å²) in [6, 6.07) is -1.27. The maximum atomic E-state index is 14.7. The number of fused-ring (bicyclic) bond motifs is 2. The Labute approximate surface area is 233 Å². The first-order valence-electron chi connectivity index (χ1n) is 14.3. The highest BCUT2D eigenvalue weighted by Crippen LogP contribution is 2.61. The number of hydrogen-bond donors (Lipinski definition) is 1. The third kappa shape index (κ3) is 4.74. The van der Waals surface area contributed by atoms with Crippen LogP contribution in [0.15, 0.2) is 24.3 Å². The van der Waals surface area contributed by atoms with Gasteiger partial charge in [0.15, 0.2) is 0 Å². The van der Waals surface area contributed by atoms with Crippen molar-refractivity contribution in [2.24, 2.45) is 23.2 Å². The van der Waals surface area contributed by atoms with E-state index in [1.54, 1.807) is 16.7 Å². The van der Waals surface area contributed by atoms with Gasteiger partial charge in [-0.2, -0.15) is 0 Å². The van der Waals surface area contributed by atoms with Crippen molar-refractivity contribution in [3.05, 3.63) is 24.3 Å². The number of amides is 3. The second-order valence-corrected chi connectivity index (χ2v) is 15.2. The maximum absolute atomic E-state index is 14.7. The Morgan fingerprint density at radius 2 is 1.74 bits per heavy atom. The molecule has 0 aliphatic carbocycles. The summed E-state index contributed by atoms with van der Waals surface area (Å²) in [5.74, 6) is -1.45. The Kier molecular flexibility index (Phi) is 7.92. The van der Waals surface area contributed by atoms with Gasteiger partial charge >= 0.3 is 0 Å². The molecule has 0 aromatic heterocycles. The van der Waals surface area contributed by atoms with E-state index in [1.165, 1.54) is 0 Å². The molecule has 8 heteroatoms. The van der Waals surface area contributed by atoms with Gasteiger partial charge in [0.05, 0.1) is 29.2 Å². The zero-order chi connectivity index (χ0) is 28.2. The molecule has 2 fully saturated rings. The number of hydrogen-bond acceptors (Lipinski definition) is 5. The van der Waals surface area contributed by atoms with Crippen LogP contribution < -0.4 is 0 Å². The standard InChI is InChI=1S/C30H47N3O4S/c1-9-14-31-15-10-12-21-22(25(31)35)23-26(36)33(20(17-34)19(2)3)24-27(37)32(16-11-13-30(23,24)38-21)29(7,8)18-28(4,5)6/h10-13,19-24,34H,9,14-18H2,1-8H3/t20-,21-,22+,23-,24?,30-/m0/s1. The molecule has 0 aromatic carbocycles. The molecule has 38 heavy (non-hydrogen) atoms. The average Bonchev–Trinajstić information content (AvgIpc) is 3.10. The van der Waals surface area contributed by atoms with Crippen molar-refractivity contribution in [3.8, 4) is 0 Å². The number of rotatable bonds is 7. The van der Waals surface area contributed by atoms with E-state index in [9.17, 15) is 19.5 Å². The highest BCUT2D eigenvalue weighted by molar-refractivity contribution is 8.02. The van der Waals surface area contributed by atoms with E-state index in [-0.39, 0.29) is 40.9 Å². The monoisotopic (exact) mass is 545 g/mol. The predicted octanol–water partition coefficient (Wildman–Crippen LogP) is 3.72. The van der Waals surface area contributed by atoms with Gasteiger partial charge in [-0.15, -0.1) is 11.8 Å². The Hall–Kier alpha value is -1.80. The normalized spacial score (nSPS) is 32.5. The summed E-state index contributed by atoms with van der Waals surface area (Å²) in [5.41, 5.74) is -0.433. The fraction of sp³-hybridized carbons (Fsp3) is 0.767. The minimum absolute atomic E-state index is 0.00489. The molecule has 0 bridgehead atoms. The first-order valence-corrected chi connectivity index (χ1v) is 15.1. The molecule has 0 radical (unpaired) electrons. The molecule has 2 saturated heterocycles. The largest absolute Gasteiger partial charge is 0.394 e. The third-order valence-corrected chi connectivity index (χ3v) is 10.4. The molecule has 3 amide bonds. The summed E-state index contributed by atoms with van der Waals surface area (Å²) in [6.45, 7) is 18.2. The molecule has 4 aliphatic heterocycles. The molecule has 1 unspecified atom stereocenters. The molecule has 4 rings (SSSR count). The molecule has 0 saturated carbocycles. The number of likely N-dealkylation sites (tertiary alicyclic amines) is 1. The van der Waals surface area contributed by atoms with Gasteiger partial charge in [0.1, 0.15) is 6.04 Å². The lowest BCUT2D eigenvalue weighted by Gasteiger charge is -2.45. The first kappa shape index (κ1) is 29.2. The summed E-state index contributed by atoms with van der Waals surface area (Å²) >= 11 is 1.61. The molecule has 4 heterocycles. The third-order valence-electron chi connectivity index (χ3n) is 8.68. The van der Waals surface area contributed by atoms with Crippen LogP contribution >= 0.6 is 11.8 Å². The van der Waals surface area contributed by atoms with Crippen molar-refractivity contribution in [1.29, 1.82) is 0 Å². The lowest BCUT2D eigenvalue weighted by atomic mass is 9.77. The van der Waals surface area contributed by atoms with E-state index in [1.807, 2.05) is 35.8 Å². The van der Waals surface area contributed by atoms with Crippen molar-refractivity contribution in [2.75, 3.05) is 26.2 Å². The van der Waals surface area contributed by atoms with Gasteiger partial charge in [0.2, 0.25) is 17.7 Å². The molecule has 7 nitrogen and oxygen atoms in total. The van der Waals surface area contributed by atoms with E-state index >= 15 is 0 Å². The van der Waals surface area contributed by atoms with Gasteiger partial charge < -0.3 is 19.8 Å². The zero-order valence-electron chi connectivity index (χ0n) is 24.4. The summed E-state index contributed by atoms with van der Waals surface area (Å²) in [5, 5.41) is 10.3. The van der Waals surface area contributed by atoms with E-state index < -0.39 is 34.2 Å². The minimum atomic E-state index is -0.854. The van der Waals surface area contributed by atoms with Gasteiger partial charge in [0, 0.05) is 30.4 Å². The van der Waals surface area contributed by atoms with E-state index in [0.717, 1.165) is 12.8 Å². The molecular formula is C30H47N3O4S. The van der Waals surface area contributed by atoms with Crippen LogP contribution in [0, 0.1) is 23.2 Å². The molecule has 212 valence electrons. The maximum Gasteiger partial charge on any atom is 0.247 e. The van der Waals surface area contributed by atoms with E-state index in [2.05, 4.69) is 53.7 Å². The van der Waals surface area contributed by atoms with Gasteiger partial charge in [-0.05, 0) is 38.0 Å². The number of carbonyl (C=O) groups is 3. The van der Waals surface area contributed by atoms with Gasteiger partial charge in [-0.3, -0.25) is 14.4 Å². The Morgan fingerprint density at radius 1 is 1.05 bits per heavy atom. The Morgan fingerprint density at radius 3 is 2.32 bits per heavy atom. The predicted molar refractivity (Wildman–Crippen MR) is 152 cm³/mol. The smallest absolute Gasteiger partial charge is 0.247 e. The van der Waals surface area contributed by atoms with Crippen molar-refractivity contribution in [3.63, 3.8) is 0 Å². The van der Waals surface area contributed by atoms with Crippen LogP contribution in [0.2, 0.25) is 0 Å². The topological polar surface area (TPSA) is 81.2 Å². The van der Waals surface area contributed by atoms with Crippen molar-refractivity contribution in [2.45, 2.75) is 95.9 Å². The fourth-order valence-electron chi connectivity index (χ4n) is 7.52. The highest BCUT2D eigenvalue weighted by atomic mass is 32.2. The van der Waals surface area contributed by atoms with Crippen LogP contribution in [0.1, 0.15) is 68.2 Å². The molecule has 1 spiro atoms. The SMILES string of the molecule is CCCN1CC=C[C@@H]2S[C@]34C=CCN(C(C)(C)CC(C)(C)C)C(=O)C3N([C@@H](CO)C(C)C)C(=O)[C@@H]4[C@@H]2C1=O. The number of aliphatic hydroxyl groups excluding tert-OH is 1. The average molecular weight is 546 g/mol. The van der Waals surface area contributed by atoms with Gasteiger partial charge in [-0.1, -0.05) is 65.8 Å². The molecule has 6 atom stereocenters. The second-order valence-electron chi connectivity index (χ2n) is 13.7. The van der Waals surface area contributed by atoms with Crippen LogP contribution in [0.25, 0.3) is 0 Å². The Balaban J connectivity index is 1.86.